The first kappa shape index (κ1) is 18.8. The van der Waals surface area contributed by atoms with Gasteiger partial charge in [-0.2, -0.15) is 0 Å². The molecule has 0 radical (unpaired) electrons. The number of nitrogens with one attached hydrogen (secondary N) is 1. The Balaban J connectivity index is 2.02. The van der Waals surface area contributed by atoms with Gasteiger partial charge in [-0.25, -0.2) is 4.39 Å². The maximum absolute atomic E-state index is 13.3. The van der Waals surface area contributed by atoms with Gasteiger partial charge in [-0.05, 0) is 48.7 Å². The van der Waals surface area contributed by atoms with Crippen LogP contribution in [0.1, 0.15) is 41.3 Å². The summed E-state index contributed by atoms with van der Waals surface area (Å²) >= 11 is 0. The molecule has 0 bridgehead atoms. The van der Waals surface area contributed by atoms with Crippen LogP contribution in [0.2, 0.25) is 0 Å². The number of unbranched alkanes of at least 4 members (excludes halogenated alkanes) is 1. The van der Waals surface area contributed by atoms with E-state index >= 15 is 0 Å². The molecular weight excluding hydrogens is 321 g/mol. The molecule has 0 saturated carbocycles. The fourth-order valence-corrected chi connectivity index (χ4v) is 2.38. The largest absolute Gasteiger partial charge is 0.493 e. The number of methoxy groups -OCH3 is 1. The monoisotopic (exact) mass is 345 g/mol. The first-order valence-electron chi connectivity index (χ1n) is 8.39. The highest BCUT2D eigenvalue weighted by atomic mass is 19.1. The van der Waals surface area contributed by atoms with Crippen molar-refractivity contribution in [3.63, 3.8) is 0 Å². The molecule has 4 nitrogen and oxygen atoms in total. The molecule has 134 valence electrons. The van der Waals surface area contributed by atoms with Crippen molar-refractivity contribution in [2.24, 2.45) is 0 Å². The molecule has 2 aromatic rings. The van der Waals surface area contributed by atoms with Gasteiger partial charge in [-0.1, -0.05) is 25.5 Å². The smallest absolute Gasteiger partial charge is 0.251 e. The van der Waals surface area contributed by atoms with Gasteiger partial charge >= 0.3 is 0 Å². The maximum atomic E-state index is 13.3. The lowest BCUT2D eigenvalue weighted by molar-refractivity contribution is 0.0950. The molecular formula is C20H24FNO3. The van der Waals surface area contributed by atoms with Crippen LogP contribution in [0.4, 0.5) is 4.39 Å². The summed E-state index contributed by atoms with van der Waals surface area (Å²) in [7, 11) is 1.58. The lowest BCUT2D eigenvalue weighted by Gasteiger charge is -2.13. The highest BCUT2D eigenvalue weighted by molar-refractivity contribution is 5.95. The van der Waals surface area contributed by atoms with E-state index in [1.54, 1.807) is 20.1 Å². The van der Waals surface area contributed by atoms with Crippen molar-refractivity contribution in [1.29, 1.82) is 0 Å². The van der Waals surface area contributed by atoms with Crippen molar-refractivity contribution < 1.29 is 18.7 Å². The van der Waals surface area contributed by atoms with Gasteiger partial charge < -0.3 is 14.8 Å². The fourth-order valence-electron chi connectivity index (χ4n) is 2.38. The van der Waals surface area contributed by atoms with Crippen LogP contribution in [0, 0.1) is 12.7 Å². The van der Waals surface area contributed by atoms with E-state index in [0.29, 0.717) is 30.2 Å². The third-order valence-electron chi connectivity index (χ3n) is 3.88. The summed E-state index contributed by atoms with van der Waals surface area (Å²) in [5, 5.41) is 2.80. The van der Waals surface area contributed by atoms with E-state index in [2.05, 4.69) is 12.2 Å². The molecule has 0 saturated heterocycles. The van der Waals surface area contributed by atoms with E-state index in [-0.39, 0.29) is 5.91 Å². The normalized spacial score (nSPS) is 10.4. The summed E-state index contributed by atoms with van der Waals surface area (Å²) in [5.74, 6) is 0.585. The Morgan fingerprint density at radius 3 is 2.68 bits per heavy atom. The fraction of sp³-hybridized carbons (Fsp3) is 0.350. The van der Waals surface area contributed by atoms with E-state index < -0.39 is 5.82 Å². The van der Waals surface area contributed by atoms with Gasteiger partial charge in [0, 0.05) is 12.1 Å². The average molecular weight is 345 g/mol. The second-order valence-electron chi connectivity index (χ2n) is 5.83. The van der Waals surface area contributed by atoms with Crippen molar-refractivity contribution in [2.45, 2.75) is 33.2 Å². The number of aryl methyl sites for hydroxylation is 1. The zero-order valence-electron chi connectivity index (χ0n) is 14.9. The van der Waals surface area contributed by atoms with E-state index in [9.17, 15) is 9.18 Å². The number of halogens is 1. The summed E-state index contributed by atoms with van der Waals surface area (Å²) in [6.45, 7) is 4.84. The Bertz CT molecular complexity index is 731. The number of rotatable bonds is 8. The quantitative estimate of drug-likeness (QED) is 0.728. The minimum absolute atomic E-state index is 0.306. The van der Waals surface area contributed by atoms with Crippen LogP contribution in [0.3, 0.4) is 0 Å². The predicted molar refractivity (Wildman–Crippen MR) is 95.7 cm³/mol. The van der Waals surface area contributed by atoms with Crippen LogP contribution in [-0.2, 0) is 6.54 Å². The number of carbonyl (C=O) groups excluding carboxylic acids is 1. The maximum Gasteiger partial charge on any atom is 0.251 e. The Kier molecular flexibility index (Phi) is 6.81. The number of amides is 1. The lowest BCUT2D eigenvalue weighted by atomic mass is 10.1. The van der Waals surface area contributed by atoms with Gasteiger partial charge in [0.15, 0.2) is 11.5 Å². The summed E-state index contributed by atoms with van der Waals surface area (Å²) in [6, 6.07) is 9.73. The van der Waals surface area contributed by atoms with Crippen LogP contribution in [-0.4, -0.2) is 19.6 Å². The number of hydrogen-bond acceptors (Lipinski definition) is 3. The Labute approximate surface area is 148 Å². The van der Waals surface area contributed by atoms with E-state index in [1.165, 1.54) is 12.1 Å². The lowest BCUT2D eigenvalue weighted by Crippen LogP contribution is -2.23. The summed E-state index contributed by atoms with van der Waals surface area (Å²) in [6.07, 6.45) is 2.04. The molecule has 5 heteroatoms. The number of carbonyl (C=O) groups is 1. The molecule has 0 unspecified atom stereocenters. The molecule has 0 aliphatic rings. The van der Waals surface area contributed by atoms with Gasteiger partial charge in [-0.3, -0.25) is 4.79 Å². The molecule has 1 amide bonds. The van der Waals surface area contributed by atoms with Crippen LogP contribution in [0.25, 0.3) is 0 Å². The van der Waals surface area contributed by atoms with Crippen molar-refractivity contribution in [3.05, 3.63) is 58.9 Å². The predicted octanol–water partition coefficient (Wildman–Crippen LogP) is 4.25. The average Bonchev–Trinajstić information content (AvgIpc) is 2.62. The molecule has 0 aliphatic carbocycles. The third kappa shape index (κ3) is 5.21. The van der Waals surface area contributed by atoms with Crippen LogP contribution in [0.5, 0.6) is 11.5 Å². The summed E-state index contributed by atoms with van der Waals surface area (Å²) < 4.78 is 24.4. The van der Waals surface area contributed by atoms with Crippen LogP contribution >= 0.6 is 0 Å². The molecule has 2 aromatic carbocycles. The first-order chi connectivity index (χ1) is 12.0. The number of benzene rings is 2. The van der Waals surface area contributed by atoms with Gasteiger partial charge in [-0.15, -0.1) is 0 Å². The van der Waals surface area contributed by atoms with E-state index in [4.69, 9.17) is 9.47 Å². The molecule has 0 fully saturated rings. The molecule has 25 heavy (non-hydrogen) atoms. The van der Waals surface area contributed by atoms with Gasteiger partial charge in [0.25, 0.3) is 5.91 Å². The van der Waals surface area contributed by atoms with Crippen molar-refractivity contribution in [2.75, 3.05) is 13.7 Å². The Morgan fingerprint density at radius 1 is 1.16 bits per heavy atom. The number of ether oxygens (including phenoxy) is 2. The molecule has 2 rings (SSSR count). The summed E-state index contributed by atoms with van der Waals surface area (Å²) in [4.78, 5) is 12.3. The molecule has 0 spiro atoms. The van der Waals surface area contributed by atoms with Gasteiger partial charge in [0.05, 0.1) is 13.7 Å². The van der Waals surface area contributed by atoms with Crippen LogP contribution in [0.15, 0.2) is 36.4 Å². The Hall–Kier alpha value is -2.56. The molecule has 0 atom stereocenters. The summed E-state index contributed by atoms with van der Waals surface area (Å²) in [5.41, 5.74) is 1.95. The zero-order chi connectivity index (χ0) is 18.2. The molecule has 0 aromatic heterocycles. The van der Waals surface area contributed by atoms with Crippen molar-refractivity contribution in [1.82, 2.24) is 5.32 Å². The number of hydrogen-bond donors (Lipinski definition) is 1. The second kappa shape index (κ2) is 9.06. The highest BCUT2D eigenvalue weighted by Gasteiger charge is 2.11. The zero-order valence-corrected chi connectivity index (χ0v) is 14.9. The highest BCUT2D eigenvalue weighted by Crippen LogP contribution is 2.28. The SMILES string of the molecule is CCCCOc1ccc(CNC(=O)c2cc(F)ccc2C)cc1OC. The molecule has 1 N–H and O–H groups in total. The minimum Gasteiger partial charge on any atom is -0.493 e. The Morgan fingerprint density at radius 2 is 1.96 bits per heavy atom. The van der Waals surface area contributed by atoms with Gasteiger partial charge in [0.2, 0.25) is 0 Å². The first-order valence-corrected chi connectivity index (χ1v) is 8.39. The topological polar surface area (TPSA) is 47.6 Å². The molecule has 0 aliphatic heterocycles. The van der Waals surface area contributed by atoms with E-state index in [1.807, 2.05) is 18.2 Å². The molecule has 0 heterocycles. The van der Waals surface area contributed by atoms with Crippen LogP contribution < -0.4 is 14.8 Å². The van der Waals surface area contributed by atoms with E-state index in [0.717, 1.165) is 24.0 Å². The van der Waals surface area contributed by atoms with Crippen molar-refractivity contribution >= 4 is 5.91 Å². The minimum atomic E-state index is -0.425. The second-order valence-corrected chi connectivity index (χ2v) is 5.83. The third-order valence-corrected chi connectivity index (χ3v) is 3.88. The van der Waals surface area contributed by atoms with Gasteiger partial charge in [0.1, 0.15) is 5.82 Å². The van der Waals surface area contributed by atoms with Crippen molar-refractivity contribution in [3.8, 4) is 11.5 Å². The standard InChI is InChI=1S/C20H24FNO3/c1-4-5-10-25-18-9-7-15(11-19(18)24-3)13-22-20(23)17-12-16(21)8-6-14(17)2/h6-9,11-12H,4-5,10,13H2,1-3H3,(H,22,23).